The normalized spacial score (nSPS) is 14.4. The van der Waals surface area contributed by atoms with Gasteiger partial charge in [0.1, 0.15) is 18.1 Å². The zero-order valence-electron chi connectivity index (χ0n) is 21.1. The first-order valence-electron chi connectivity index (χ1n) is 12.3. The minimum Gasteiger partial charge on any atom is -0.497 e. The van der Waals surface area contributed by atoms with E-state index in [0.717, 1.165) is 58.7 Å². The third-order valence-corrected chi connectivity index (χ3v) is 6.40. The van der Waals surface area contributed by atoms with E-state index in [1.807, 2.05) is 42.5 Å². The fraction of sp³-hybridized carbons (Fsp3) is 0.400. The van der Waals surface area contributed by atoms with Gasteiger partial charge in [-0.05, 0) is 83.5 Å². The highest BCUT2D eigenvalue weighted by atomic mass is 16.5. The van der Waals surface area contributed by atoms with E-state index in [1.165, 1.54) is 0 Å². The summed E-state index contributed by atoms with van der Waals surface area (Å²) < 4.78 is 11.5. The van der Waals surface area contributed by atoms with Gasteiger partial charge >= 0.3 is 5.97 Å². The fourth-order valence-corrected chi connectivity index (χ4v) is 4.61. The molecule has 1 aliphatic rings. The molecular formula is C30H35NO4. The summed E-state index contributed by atoms with van der Waals surface area (Å²) in [6, 6.07) is 18.2. The summed E-state index contributed by atoms with van der Waals surface area (Å²) in [5, 5.41) is 9.34. The van der Waals surface area contributed by atoms with Crippen LogP contribution in [0.2, 0.25) is 0 Å². The number of methoxy groups -OCH3 is 1. The maximum atomic E-state index is 11.4. The largest absolute Gasteiger partial charge is 0.497 e. The van der Waals surface area contributed by atoms with Crippen LogP contribution in [0.4, 0.5) is 0 Å². The van der Waals surface area contributed by atoms with E-state index in [9.17, 15) is 9.90 Å². The average Bonchev–Trinajstić information content (AvgIpc) is 3.66. The second-order valence-corrected chi connectivity index (χ2v) is 10.7. The van der Waals surface area contributed by atoms with Gasteiger partial charge in [-0.15, -0.1) is 0 Å². The number of carboxylic acids is 1. The van der Waals surface area contributed by atoms with Gasteiger partial charge in [-0.1, -0.05) is 45.0 Å². The highest BCUT2D eigenvalue weighted by Gasteiger charge is 2.33. The summed E-state index contributed by atoms with van der Waals surface area (Å²) >= 11 is 0. The molecule has 1 heterocycles. The van der Waals surface area contributed by atoms with Gasteiger partial charge < -0.3 is 14.6 Å². The molecule has 0 bridgehead atoms. The van der Waals surface area contributed by atoms with Gasteiger partial charge in [0.05, 0.1) is 25.4 Å². The molecule has 1 atom stereocenters. The van der Waals surface area contributed by atoms with Gasteiger partial charge in [-0.25, -0.2) is 0 Å². The SMILES string of the molecule is COc1ccc(-c2ncc(OCc3cccc(C(CC(=O)O)C4CC4)c3)cc2CC(C)(C)C)cc1. The molecular weight excluding hydrogens is 438 g/mol. The van der Waals surface area contributed by atoms with Crippen LogP contribution in [0.3, 0.4) is 0 Å². The molecule has 2 aromatic carbocycles. The van der Waals surface area contributed by atoms with E-state index in [2.05, 4.69) is 32.9 Å². The number of hydrogen-bond donors (Lipinski definition) is 1. The standard InChI is InChI=1S/C30H35NO4/c1-30(2,3)17-24-15-26(18-31-29(24)22-10-12-25(34-4)13-11-22)35-19-20-6-5-7-23(14-20)27(16-28(32)33)21-8-9-21/h5-7,10-15,18,21,27H,8-9,16-17,19H2,1-4H3,(H,32,33). The summed E-state index contributed by atoms with van der Waals surface area (Å²) in [6.07, 6.45) is 5.06. The minimum atomic E-state index is -0.738. The first-order valence-corrected chi connectivity index (χ1v) is 12.3. The van der Waals surface area contributed by atoms with E-state index >= 15 is 0 Å². The molecule has 1 aromatic heterocycles. The Morgan fingerprint density at radius 3 is 2.46 bits per heavy atom. The van der Waals surface area contributed by atoms with Crippen LogP contribution < -0.4 is 9.47 Å². The molecule has 0 saturated heterocycles. The van der Waals surface area contributed by atoms with Gasteiger partial charge in [0, 0.05) is 5.56 Å². The van der Waals surface area contributed by atoms with Crippen molar-refractivity contribution in [2.75, 3.05) is 7.11 Å². The van der Waals surface area contributed by atoms with Crippen LogP contribution in [-0.4, -0.2) is 23.2 Å². The maximum Gasteiger partial charge on any atom is 0.303 e. The fourth-order valence-electron chi connectivity index (χ4n) is 4.61. The lowest BCUT2D eigenvalue weighted by atomic mass is 9.86. The van der Waals surface area contributed by atoms with Crippen molar-refractivity contribution < 1.29 is 19.4 Å². The van der Waals surface area contributed by atoms with Crippen molar-refractivity contribution in [3.05, 3.63) is 77.5 Å². The number of carboxylic acid groups (broad SMARTS) is 1. The van der Waals surface area contributed by atoms with Crippen molar-refractivity contribution >= 4 is 5.97 Å². The zero-order valence-corrected chi connectivity index (χ0v) is 21.1. The number of aliphatic carboxylic acids is 1. The Kier molecular flexibility index (Phi) is 7.44. The number of ether oxygens (including phenoxy) is 2. The lowest BCUT2D eigenvalue weighted by molar-refractivity contribution is -0.137. The summed E-state index contributed by atoms with van der Waals surface area (Å²) in [4.78, 5) is 16.1. The average molecular weight is 474 g/mol. The van der Waals surface area contributed by atoms with Crippen molar-refractivity contribution in [1.29, 1.82) is 0 Å². The molecule has 4 rings (SSSR count). The molecule has 5 nitrogen and oxygen atoms in total. The number of pyridine rings is 1. The second kappa shape index (κ2) is 10.5. The Balaban J connectivity index is 1.53. The maximum absolute atomic E-state index is 11.4. The zero-order chi connectivity index (χ0) is 25.0. The van der Waals surface area contributed by atoms with Gasteiger partial charge in [0.25, 0.3) is 0 Å². The van der Waals surface area contributed by atoms with Crippen molar-refractivity contribution in [3.63, 3.8) is 0 Å². The van der Waals surface area contributed by atoms with E-state index < -0.39 is 5.97 Å². The molecule has 1 aliphatic carbocycles. The predicted octanol–water partition coefficient (Wildman–Crippen LogP) is 6.89. The summed E-state index contributed by atoms with van der Waals surface area (Å²) in [6.45, 7) is 7.07. The van der Waals surface area contributed by atoms with Crippen LogP contribution in [0.25, 0.3) is 11.3 Å². The molecule has 0 radical (unpaired) electrons. The smallest absolute Gasteiger partial charge is 0.303 e. The van der Waals surface area contributed by atoms with E-state index in [1.54, 1.807) is 13.3 Å². The van der Waals surface area contributed by atoms with Crippen LogP contribution in [-0.2, 0) is 17.8 Å². The van der Waals surface area contributed by atoms with Crippen LogP contribution in [0.5, 0.6) is 11.5 Å². The molecule has 0 amide bonds. The van der Waals surface area contributed by atoms with E-state index in [-0.39, 0.29) is 17.8 Å². The number of hydrogen-bond acceptors (Lipinski definition) is 4. The predicted molar refractivity (Wildman–Crippen MR) is 138 cm³/mol. The highest BCUT2D eigenvalue weighted by molar-refractivity contribution is 5.68. The monoisotopic (exact) mass is 473 g/mol. The molecule has 5 heteroatoms. The molecule has 1 N–H and O–H groups in total. The van der Waals surface area contributed by atoms with Crippen LogP contribution in [0.15, 0.2) is 60.8 Å². The first-order chi connectivity index (χ1) is 16.7. The van der Waals surface area contributed by atoms with Gasteiger partial charge in [-0.2, -0.15) is 0 Å². The molecule has 1 fully saturated rings. The molecule has 1 saturated carbocycles. The highest BCUT2D eigenvalue weighted by Crippen LogP contribution is 2.44. The van der Waals surface area contributed by atoms with Crippen molar-refractivity contribution in [3.8, 4) is 22.8 Å². The number of benzene rings is 2. The van der Waals surface area contributed by atoms with Crippen molar-refractivity contribution in [1.82, 2.24) is 4.98 Å². The van der Waals surface area contributed by atoms with E-state index in [4.69, 9.17) is 14.5 Å². The van der Waals surface area contributed by atoms with Crippen LogP contribution >= 0.6 is 0 Å². The summed E-state index contributed by atoms with van der Waals surface area (Å²) in [7, 11) is 1.67. The Bertz CT molecular complexity index is 1160. The Labute approximate surface area is 208 Å². The van der Waals surface area contributed by atoms with Crippen molar-refractivity contribution in [2.45, 2.75) is 59.0 Å². The third kappa shape index (κ3) is 6.84. The van der Waals surface area contributed by atoms with Crippen molar-refractivity contribution in [2.24, 2.45) is 11.3 Å². The number of rotatable bonds is 10. The van der Waals surface area contributed by atoms with Gasteiger partial charge in [0.2, 0.25) is 0 Å². The quantitative estimate of drug-likeness (QED) is 0.347. The summed E-state index contributed by atoms with van der Waals surface area (Å²) in [5.41, 5.74) is 5.38. The Hall–Kier alpha value is -3.34. The molecule has 35 heavy (non-hydrogen) atoms. The Morgan fingerprint density at radius 1 is 1.09 bits per heavy atom. The molecule has 1 unspecified atom stereocenters. The number of nitrogens with zero attached hydrogens (tertiary/aromatic N) is 1. The van der Waals surface area contributed by atoms with Crippen LogP contribution in [0.1, 0.15) is 62.6 Å². The number of aromatic nitrogens is 1. The lowest BCUT2D eigenvalue weighted by Gasteiger charge is -2.21. The van der Waals surface area contributed by atoms with Crippen LogP contribution in [0, 0.1) is 11.3 Å². The second-order valence-electron chi connectivity index (χ2n) is 10.7. The van der Waals surface area contributed by atoms with Gasteiger partial charge in [-0.3, -0.25) is 9.78 Å². The minimum absolute atomic E-state index is 0.0799. The van der Waals surface area contributed by atoms with Gasteiger partial charge in [0.15, 0.2) is 0 Å². The lowest BCUT2D eigenvalue weighted by Crippen LogP contribution is -2.11. The molecule has 3 aromatic rings. The van der Waals surface area contributed by atoms with E-state index in [0.29, 0.717) is 12.5 Å². The third-order valence-electron chi connectivity index (χ3n) is 6.40. The number of carbonyl (C=O) groups is 1. The molecule has 0 aliphatic heterocycles. The molecule has 0 spiro atoms. The first kappa shape index (κ1) is 24.8. The molecule has 184 valence electrons. The topological polar surface area (TPSA) is 68.7 Å². The summed E-state index contributed by atoms with van der Waals surface area (Å²) in [5.74, 6) is 1.38. The Morgan fingerprint density at radius 2 is 1.83 bits per heavy atom.